The van der Waals surface area contributed by atoms with Crippen LogP contribution in [0.1, 0.15) is 5.56 Å². The number of rotatable bonds is 5. The minimum Gasteiger partial charge on any atom is -0.330 e. The second kappa shape index (κ2) is 6.33. The highest BCUT2D eigenvalue weighted by Gasteiger charge is 2.16. The van der Waals surface area contributed by atoms with Crippen LogP contribution < -0.4 is 0 Å². The first-order valence-electron chi connectivity index (χ1n) is 7.66. The van der Waals surface area contributed by atoms with E-state index in [9.17, 15) is 8.42 Å². The molecule has 0 N–H and O–H groups in total. The molecule has 0 bridgehead atoms. The maximum atomic E-state index is 12.0. The highest BCUT2D eigenvalue weighted by Crippen LogP contribution is 2.28. The molecule has 0 spiro atoms. The van der Waals surface area contributed by atoms with Crippen LogP contribution in [-0.2, 0) is 16.6 Å². The predicted octanol–water partition coefficient (Wildman–Crippen LogP) is 2.30. The first kappa shape index (κ1) is 16.6. The molecule has 7 heteroatoms. The molecular formula is C17H20N4O2S. The third kappa shape index (κ3) is 3.05. The van der Waals surface area contributed by atoms with E-state index in [1.54, 1.807) is 26.5 Å². The minimum absolute atomic E-state index is 0.0331. The van der Waals surface area contributed by atoms with Crippen LogP contribution in [0.15, 0.2) is 42.9 Å². The molecule has 126 valence electrons. The normalized spacial score (nSPS) is 12.2. The van der Waals surface area contributed by atoms with Crippen LogP contribution in [-0.4, -0.2) is 47.1 Å². The van der Waals surface area contributed by atoms with Crippen molar-refractivity contribution < 1.29 is 8.42 Å². The molecule has 6 nitrogen and oxygen atoms in total. The van der Waals surface area contributed by atoms with Crippen LogP contribution >= 0.6 is 0 Å². The van der Waals surface area contributed by atoms with Crippen LogP contribution in [0.25, 0.3) is 22.3 Å². The third-order valence-electron chi connectivity index (χ3n) is 4.07. The van der Waals surface area contributed by atoms with Gasteiger partial charge in [-0.05, 0) is 18.6 Å². The fourth-order valence-electron chi connectivity index (χ4n) is 2.64. The molecule has 0 saturated carbocycles. The SMILES string of the molecule is Cc1ccc(-c2nccn2CCS(=O)(=O)N(C)C)c2cccnc12. The molecule has 0 aliphatic heterocycles. The van der Waals surface area contributed by atoms with E-state index in [0.717, 1.165) is 27.9 Å². The van der Waals surface area contributed by atoms with Crippen molar-refractivity contribution in [1.29, 1.82) is 0 Å². The Hall–Kier alpha value is -2.25. The van der Waals surface area contributed by atoms with Gasteiger partial charge in [-0.1, -0.05) is 18.2 Å². The molecule has 24 heavy (non-hydrogen) atoms. The van der Waals surface area contributed by atoms with E-state index in [1.807, 2.05) is 42.0 Å². The molecule has 0 saturated heterocycles. The maximum absolute atomic E-state index is 12.0. The molecule has 0 radical (unpaired) electrons. The molecule has 0 amide bonds. The van der Waals surface area contributed by atoms with Gasteiger partial charge in [-0.25, -0.2) is 17.7 Å². The second-order valence-corrected chi connectivity index (χ2v) is 8.17. The van der Waals surface area contributed by atoms with Crippen molar-refractivity contribution in [1.82, 2.24) is 18.8 Å². The van der Waals surface area contributed by atoms with Gasteiger partial charge in [0.05, 0.1) is 11.3 Å². The van der Waals surface area contributed by atoms with Crippen LogP contribution in [0.2, 0.25) is 0 Å². The molecular weight excluding hydrogens is 324 g/mol. The Morgan fingerprint density at radius 1 is 1.12 bits per heavy atom. The Morgan fingerprint density at radius 2 is 1.92 bits per heavy atom. The molecule has 2 aromatic heterocycles. The molecule has 0 fully saturated rings. The van der Waals surface area contributed by atoms with Gasteiger partial charge in [0.25, 0.3) is 0 Å². The van der Waals surface area contributed by atoms with Crippen molar-refractivity contribution in [2.75, 3.05) is 19.8 Å². The molecule has 3 rings (SSSR count). The van der Waals surface area contributed by atoms with Crippen molar-refractivity contribution in [3.8, 4) is 11.4 Å². The zero-order valence-corrected chi connectivity index (χ0v) is 14.8. The standard InChI is InChI=1S/C17H20N4O2S/c1-13-6-7-15(14-5-4-8-18-16(13)14)17-19-9-10-21(17)11-12-24(22,23)20(2)3/h4-10H,11-12H2,1-3H3. The average molecular weight is 344 g/mol. The number of pyridine rings is 1. The van der Waals surface area contributed by atoms with Gasteiger partial charge in [-0.3, -0.25) is 4.98 Å². The average Bonchev–Trinajstić information content (AvgIpc) is 3.02. The van der Waals surface area contributed by atoms with E-state index in [2.05, 4.69) is 9.97 Å². The van der Waals surface area contributed by atoms with Gasteiger partial charge in [0.2, 0.25) is 10.0 Å². The van der Waals surface area contributed by atoms with E-state index >= 15 is 0 Å². The lowest BCUT2D eigenvalue weighted by atomic mass is 10.0. The number of benzene rings is 1. The van der Waals surface area contributed by atoms with E-state index in [1.165, 1.54) is 4.31 Å². The number of fused-ring (bicyclic) bond motifs is 1. The van der Waals surface area contributed by atoms with E-state index < -0.39 is 10.0 Å². The van der Waals surface area contributed by atoms with E-state index in [0.29, 0.717) is 6.54 Å². The summed E-state index contributed by atoms with van der Waals surface area (Å²) in [5, 5.41) is 1.01. The number of sulfonamides is 1. The highest BCUT2D eigenvalue weighted by atomic mass is 32.2. The van der Waals surface area contributed by atoms with Crippen LogP contribution in [0, 0.1) is 6.92 Å². The number of hydrogen-bond donors (Lipinski definition) is 0. The Bertz CT molecular complexity index is 977. The summed E-state index contributed by atoms with van der Waals surface area (Å²) in [6.07, 6.45) is 5.28. The molecule has 0 atom stereocenters. The van der Waals surface area contributed by atoms with Crippen molar-refractivity contribution in [3.05, 3.63) is 48.4 Å². The molecule has 2 heterocycles. The predicted molar refractivity (Wildman–Crippen MR) is 95.2 cm³/mol. The first-order chi connectivity index (χ1) is 11.4. The molecule has 0 aliphatic rings. The van der Waals surface area contributed by atoms with Crippen molar-refractivity contribution in [3.63, 3.8) is 0 Å². The van der Waals surface area contributed by atoms with Crippen LogP contribution in [0.4, 0.5) is 0 Å². The Labute approximate surface area is 141 Å². The summed E-state index contributed by atoms with van der Waals surface area (Å²) in [7, 11) is -0.160. The number of aromatic nitrogens is 3. The van der Waals surface area contributed by atoms with Crippen LogP contribution in [0.5, 0.6) is 0 Å². The highest BCUT2D eigenvalue weighted by molar-refractivity contribution is 7.89. The molecule has 3 aromatic rings. The molecule has 0 unspecified atom stereocenters. The summed E-state index contributed by atoms with van der Waals surface area (Å²) >= 11 is 0. The quantitative estimate of drug-likeness (QED) is 0.712. The Kier molecular flexibility index (Phi) is 4.38. The van der Waals surface area contributed by atoms with Gasteiger partial charge in [-0.15, -0.1) is 0 Å². The third-order valence-corrected chi connectivity index (χ3v) is 5.89. The summed E-state index contributed by atoms with van der Waals surface area (Å²) in [5.41, 5.74) is 2.99. The lowest BCUT2D eigenvalue weighted by Gasteiger charge is -2.14. The van der Waals surface area contributed by atoms with Crippen LogP contribution in [0.3, 0.4) is 0 Å². The summed E-state index contributed by atoms with van der Waals surface area (Å²) in [5.74, 6) is 0.785. The summed E-state index contributed by atoms with van der Waals surface area (Å²) in [6.45, 7) is 2.38. The fourth-order valence-corrected chi connectivity index (χ4v) is 3.43. The lowest BCUT2D eigenvalue weighted by molar-refractivity contribution is 0.515. The smallest absolute Gasteiger partial charge is 0.215 e. The summed E-state index contributed by atoms with van der Waals surface area (Å²) < 4.78 is 27.1. The zero-order chi connectivity index (χ0) is 17.3. The van der Waals surface area contributed by atoms with Crippen molar-refractivity contribution in [2.45, 2.75) is 13.5 Å². The Morgan fingerprint density at radius 3 is 2.67 bits per heavy atom. The van der Waals surface area contributed by atoms with Gasteiger partial charge in [0, 0.05) is 50.2 Å². The Balaban J connectivity index is 2.01. The second-order valence-electron chi connectivity index (χ2n) is 5.87. The van der Waals surface area contributed by atoms with Crippen molar-refractivity contribution >= 4 is 20.9 Å². The van der Waals surface area contributed by atoms with Crippen molar-refractivity contribution in [2.24, 2.45) is 0 Å². The number of nitrogens with zero attached hydrogens (tertiary/aromatic N) is 4. The van der Waals surface area contributed by atoms with Gasteiger partial charge in [0.1, 0.15) is 5.82 Å². The molecule has 1 aromatic carbocycles. The minimum atomic E-state index is -3.25. The number of aryl methyl sites for hydroxylation is 2. The summed E-state index contributed by atoms with van der Waals surface area (Å²) in [6, 6.07) is 7.94. The summed E-state index contributed by atoms with van der Waals surface area (Å²) in [4.78, 5) is 8.89. The van der Waals surface area contributed by atoms with Gasteiger partial charge in [0.15, 0.2) is 0 Å². The first-order valence-corrected chi connectivity index (χ1v) is 9.27. The van der Waals surface area contributed by atoms with Gasteiger partial charge >= 0.3 is 0 Å². The number of hydrogen-bond acceptors (Lipinski definition) is 4. The van der Waals surface area contributed by atoms with E-state index in [-0.39, 0.29) is 5.75 Å². The fraction of sp³-hybridized carbons (Fsp3) is 0.294. The molecule has 0 aliphatic carbocycles. The number of imidazole rings is 1. The van der Waals surface area contributed by atoms with Gasteiger partial charge < -0.3 is 4.57 Å². The topological polar surface area (TPSA) is 68.1 Å². The largest absolute Gasteiger partial charge is 0.330 e. The lowest BCUT2D eigenvalue weighted by Crippen LogP contribution is -2.27. The zero-order valence-electron chi connectivity index (χ0n) is 14.0. The maximum Gasteiger partial charge on any atom is 0.215 e. The van der Waals surface area contributed by atoms with E-state index in [4.69, 9.17) is 0 Å². The monoisotopic (exact) mass is 344 g/mol. The van der Waals surface area contributed by atoms with Gasteiger partial charge in [-0.2, -0.15) is 0 Å².